The van der Waals surface area contributed by atoms with Crippen molar-refractivity contribution >= 4 is 7.60 Å². The van der Waals surface area contributed by atoms with Gasteiger partial charge in [-0.15, -0.1) is 0 Å². The molecular formula is C20H25O5P. The molecule has 0 aliphatic heterocycles. The van der Waals surface area contributed by atoms with Gasteiger partial charge in [0, 0.05) is 0 Å². The van der Waals surface area contributed by atoms with Crippen LogP contribution in [0.1, 0.15) is 18.1 Å². The van der Waals surface area contributed by atoms with E-state index in [0.717, 1.165) is 11.1 Å². The molecule has 0 saturated carbocycles. The van der Waals surface area contributed by atoms with Crippen molar-refractivity contribution in [2.45, 2.75) is 25.7 Å². The molecule has 2 N–H and O–H groups in total. The molecule has 0 aromatic heterocycles. The van der Waals surface area contributed by atoms with Gasteiger partial charge >= 0.3 is 7.60 Å². The van der Waals surface area contributed by atoms with E-state index in [1.807, 2.05) is 60.7 Å². The third-order valence-electron chi connectivity index (χ3n) is 4.05. The van der Waals surface area contributed by atoms with Crippen molar-refractivity contribution in [2.75, 3.05) is 12.8 Å². The van der Waals surface area contributed by atoms with Crippen molar-refractivity contribution in [3.05, 3.63) is 83.9 Å². The van der Waals surface area contributed by atoms with E-state index in [9.17, 15) is 14.8 Å². The summed E-state index contributed by atoms with van der Waals surface area (Å²) in [6, 6.07) is 18.5. The maximum absolute atomic E-state index is 13.3. The predicted octanol–water partition coefficient (Wildman–Crippen LogP) is 3.91. The lowest BCUT2D eigenvalue weighted by molar-refractivity contribution is 0.0291. The van der Waals surface area contributed by atoms with E-state index in [1.165, 1.54) is 0 Å². The molecule has 0 aliphatic rings. The van der Waals surface area contributed by atoms with Gasteiger partial charge in [0.2, 0.25) is 0 Å². The molecular weight excluding hydrogens is 351 g/mol. The Labute approximate surface area is 154 Å². The van der Waals surface area contributed by atoms with E-state index in [4.69, 9.17) is 9.05 Å². The van der Waals surface area contributed by atoms with Crippen LogP contribution in [0.5, 0.6) is 0 Å². The van der Waals surface area contributed by atoms with Crippen LogP contribution in [0.25, 0.3) is 0 Å². The van der Waals surface area contributed by atoms with Gasteiger partial charge in [-0.05, 0) is 23.6 Å². The second kappa shape index (κ2) is 9.26. The molecule has 0 saturated heterocycles. The SMILES string of the molecule is C=C(C)[C@@](O)(CO)CP(=O)(OCc1ccccc1)OCc1ccccc1. The number of aliphatic hydroxyl groups is 2. The van der Waals surface area contributed by atoms with E-state index in [2.05, 4.69) is 6.58 Å². The lowest BCUT2D eigenvalue weighted by atomic mass is 10.0. The zero-order valence-corrected chi connectivity index (χ0v) is 15.8. The summed E-state index contributed by atoms with van der Waals surface area (Å²) in [6.45, 7) is 4.77. The minimum atomic E-state index is -3.71. The van der Waals surface area contributed by atoms with Crippen LogP contribution in [0.4, 0.5) is 0 Å². The summed E-state index contributed by atoms with van der Waals surface area (Å²) in [5.41, 5.74) is 0.229. The summed E-state index contributed by atoms with van der Waals surface area (Å²) in [4.78, 5) is 0. The van der Waals surface area contributed by atoms with Crippen LogP contribution in [0.15, 0.2) is 72.8 Å². The molecule has 140 valence electrons. The quantitative estimate of drug-likeness (QED) is 0.486. The van der Waals surface area contributed by atoms with E-state index in [-0.39, 0.29) is 19.4 Å². The minimum absolute atomic E-state index is 0.0740. The van der Waals surface area contributed by atoms with Crippen molar-refractivity contribution in [2.24, 2.45) is 0 Å². The summed E-state index contributed by atoms with van der Waals surface area (Å²) in [5, 5.41) is 20.1. The fourth-order valence-corrected chi connectivity index (χ4v) is 4.22. The van der Waals surface area contributed by atoms with Gasteiger partial charge in [-0.25, -0.2) is 0 Å². The van der Waals surface area contributed by atoms with Crippen LogP contribution in [-0.4, -0.2) is 28.6 Å². The van der Waals surface area contributed by atoms with Gasteiger partial charge in [-0.2, -0.15) is 0 Å². The molecule has 1 atom stereocenters. The topological polar surface area (TPSA) is 76.0 Å². The average Bonchev–Trinajstić information content (AvgIpc) is 2.66. The zero-order valence-electron chi connectivity index (χ0n) is 14.9. The van der Waals surface area contributed by atoms with Gasteiger partial charge in [-0.1, -0.05) is 67.2 Å². The first kappa shape index (κ1) is 20.6. The summed E-state index contributed by atoms with van der Waals surface area (Å²) in [6.07, 6.45) is -0.370. The molecule has 0 heterocycles. The van der Waals surface area contributed by atoms with E-state index < -0.39 is 19.8 Å². The van der Waals surface area contributed by atoms with Crippen LogP contribution < -0.4 is 0 Å². The summed E-state index contributed by atoms with van der Waals surface area (Å²) >= 11 is 0. The third kappa shape index (κ3) is 5.90. The van der Waals surface area contributed by atoms with Crippen molar-refractivity contribution in [3.8, 4) is 0 Å². The second-order valence-electron chi connectivity index (χ2n) is 6.26. The summed E-state index contributed by atoms with van der Waals surface area (Å²) < 4.78 is 24.5. The maximum atomic E-state index is 13.3. The highest BCUT2D eigenvalue weighted by molar-refractivity contribution is 7.53. The monoisotopic (exact) mass is 376 g/mol. The zero-order chi connectivity index (χ0) is 19.0. The van der Waals surface area contributed by atoms with E-state index in [0.29, 0.717) is 5.57 Å². The average molecular weight is 376 g/mol. The molecule has 0 spiro atoms. The van der Waals surface area contributed by atoms with Crippen LogP contribution in [0, 0.1) is 0 Å². The molecule has 0 radical (unpaired) electrons. The third-order valence-corrected chi connectivity index (χ3v) is 6.01. The first-order valence-corrected chi connectivity index (χ1v) is 10.0. The molecule has 2 aromatic rings. The highest BCUT2D eigenvalue weighted by Gasteiger charge is 2.39. The molecule has 0 bridgehead atoms. The van der Waals surface area contributed by atoms with Gasteiger partial charge in [0.25, 0.3) is 0 Å². The predicted molar refractivity (Wildman–Crippen MR) is 102 cm³/mol. The number of hydrogen-bond donors (Lipinski definition) is 2. The molecule has 26 heavy (non-hydrogen) atoms. The Kier molecular flexibility index (Phi) is 7.33. The van der Waals surface area contributed by atoms with E-state index in [1.54, 1.807) is 6.92 Å². The smallest absolute Gasteiger partial charge is 0.334 e. The van der Waals surface area contributed by atoms with Crippen LogP contribution in [0.3, 0.4) is 0 Å². The fourth-order valence-electron chi connectivity index (χ4n) is 2.26. The van der Waals surface area contributed by atoms with E-state index >= 15 is 0 Å². The Bertz CT molecular complexity index is 700. The Morgan fingerprint density at radius 2 is 1.42 bits per heavy atom. The lowest BCUT2D eigenvalue weighted by Crippen LogP contribution is -2.38. The van der Waals surface area contributed by atoms with Crippen molar-refractivity contribution < 1.29 is 23.8 Å². The number of benzene rings is 2. The normalized spacial score (nSPS) is 14.0. The largest absolute Gasteiger partial charge is 0.393 e. The highest BCUT2D eigenvalue weighted by atomic mass is 31.2. The molecule has 0 amide bonds. The Balaban J connectivity index is 2.15. The van der Waals surface area contributed by atoms with Crippen molar-refractivity contribution in [1.29, 1.82) is 0 Å². The van der Waals surface area contributed by atoms with Gasteiger partial charge < -0.3 is 19.3 Å². The lowest BCUT2D eigenvalue weighted by Gasteiger charge is -2.30. The Morgan fingerprint density at radius 1 is 1.00 bits per heavy atom. The number of rotatable bonds is 10. The molecule has 5 nitrogen and oxygen atoms in total. The van der Waals surface area contributed by atoms with Gasteiger partial charge in [0.05, 0.1) is 26.0 Å². The first-order valence-electron chi connectivity index (χ1n) is 8.32. The number of hydrogen-bond acceptors (Lipinski definition) is 5. The van der Waals surface area contributed by atoms with Crippen molar-refractivity contribution in [3.63, 3.8) is 0 Å². The molecule has 2 rings (SSSR count). The molecule has 0 fully saturated rings. The Hall–Kier alpha value is -1.75. The molecule has 2 aromatic carbocycles. The molecule has 6 heteroatoms. The number of aliphatic hydroxyl groups excluding tert-OH is 1. The summed E-state index contributed by atoms with van der Waals surface area (Å²) in [7, 11) is -3.71. The fraction of sp³-hybridized carbons (Fsp3) is 0.300. The second-order valence-corrected chi connectivity index (χ2v) is 8.31. The van der Waals surface area contributed by atoms with Gasteiger partial charge in [-0.3, -0.25) is 4.57 Å². The van der Waals surface area contributed by atoms with Gasteiger partial charge in [0.15, 0.2) is 0 Å². The van der Waals surface area contributed by atoms with Crippen LogP contribution in [0.2, 0.25) is 0 Å². The standard InChI is InChI=1S/C20H25O5P/c1-17(2)20(22,15-21)16-26(23,24-13-18-9-5-3-6-10-18)25-14-19-11-7-4-8-12-19/h3-12,21-22H,1,13-16H2,2H3/t20-/m1/s1. The van der Waals surface area contributed by atoms with Crippen LogP contribution in [-0.2, 0) is 26.8 Å². The van der Waals surface area contributed by atoms with Crippen LogP contribution >= 0.6 is 7.60 Å². The first-order chi connectivity index (χ1) is 12.4. The van der Waals surface area contributed by atoms with Gasteiger partial charge in [0.1, 0.15) is 5.60 Å². The molecule has 0 aliphatic carbocycles. The minimum Gasteiger partial charge on any atom is -0.393 e. The molecule has 0 unspecified atom stereocenters. The maximum Gasteiger partial charge on any atom is 0.334 e. The highest BCUT2D eigenvalue weighted by Crippen LogP contribution is 2.52. The van der Waals surface area contributed by atoms with Crippen molar-refractivity contribution in [1.82, 2.24) is 0 Å². The Morgan fingerprint density at radius 3 is 1.77 bits per heavy atom. The summed E-state index contributed by atoms with van der Waals surface area (Å²) in [5.74, 6) is 0.